The first-order valence-corrected chi connectivity index (χ1v) is 7.07. The molecule has 0 radical (unpaired) electrons. The summed E-state index contributed by atoms with van der Waals surface area (Å²) in [5, 5.41) is 0.472. The molecule has 1 saturated heterocycles. The summed E-state index contributed by atoms with van der Waals surface area (Å²) in [5.41, 5.74) is 0. The van der Waals surface area contributed by atoms with Gasteiger partial charge in [-0.05, 0) is 12.2 Å². The van der Waals surface area contributed by atoms with Crippen LogP contribution in [0.5, 0.6) is 0 Å². The Morgan fingerprint density at radius 1 is 1.59 bits per heavy atom. The van der Waals surface area contributed by atoms with E-state index in [0.29, 0.717) is 23.6 Å². The lowest BCUT2D eigenvalue weighted by Crippen LogP contribution is -2.32. The average molecular weight is 274 g/mol. The summed E-state index contributed by atoms with van der Waals surface area (Å²) in [6.07, 6.45) is 1.20. The minimum Gasteiger partial charge on any atom is -0.377 e. The largest absolute Gasteiger partial charge is 0.377 e. The normalized spacial score (nSPS) is 19.6. The number of hydrogen-bond acceptors (Lipinski definition) is 5. The van der Waals surface area contributed by atoms with Crippen molar-refractivity contribution in [3.05, 3.63) is 17.0 Å². The summed E-state index contributed by atoms with van der Waals surface area (Å²) in [5.74, 6) is 3.88. The van der Waals surface area contributed by atoms with Crippen LogP contribution in [0.4, 0.5) is 5.82 Å². The molecule has 17 heavy (non-hydrogen) atoms. The van der Waals surface area contributed by atoms with Gasteiger partial charge < -0.3 is 9.64 Å². The van der Waals surface area contributed by atoms with E-state index in [-0.39, 0.29) is 0 Å². The highest BCUT2D eigenvalue weighted by molar-refractivity contribution is 7.99. The van der Waals surface area contributed by atoms with E-state index in [0.717, 1.165) is 11.6 Å². The van der Waals surface area contributed by atoms with Gasteiger partial charge in [0, 0.05) is 32.0 Å². The minimum atomic E-state index is 0.390. The van der Waals surface area contributed by atoms with Gasteiger partial charge in [0.2, 0.25) is 0 Å². The fraction of sp³-hybridized carbons (Fsp3) is 0.636. The van der Waals surface area contributed by atoms with E-state index in [1.807, 2.05) is 17.8 Å². The van der Waals surface area contributed by atoms with Gasteiger partial charge in [-0.1, -0.05) is 11.6 Å². The van der Waals surface area contributed by atoms with Crippen molar-refractivity contribution in [1.82, 2.24) is 9.97 Å². The van der Waals surface area contributed by atoms with Crippen LogP contribution in [0.1, 0.15) is 12.2 Å². The second-order valence-corrected chi connectivity index (χ2v) is 5.56. The van der Waals surface area contributed by atoms with Crippen molar-refractivity contribution in [2.75, 3.05) is 30.6 Å². The summed E-state index contributed by atoms with van der Waals surface area (Å²) in [4.78, 5) is 10.8. The topological polar surface area (TPSA) is 38.2 Å². The maximum absolute atomic E-state index is 6.00. The van der Waals surface area contributed by atoms with E-state index >= 15 is 0 Å². The Morgan fingerprint density at radius 2 is 2.41 bits per heavy atom. The molecule has 1 fully saturated rings. The minimum absolute atomic E-state index is 0.390. The molecule has 0 aromatic carbocycles. The second kappa shape index (κ2) is 5.89. The molecule has 0 N–H and O–H groups in total. The van der Waals surface area contributed by atoms with Crippen LogP contribution in [0.25, 0.3) is 0 Å². The summed E-state index contributed by atoms with van der Waals surface area (Å²) < 4.78 is 5.04. The maximum atomic E-state index is 6.00. The van der Waals surface area contributed by atoms with Gasteiger partial charge >= 0.3 is 0 Å². The molecular weight excluding hydrogens is 258 g/mol. The molecule has 1 atom stereocenters. The number of aromatic nitrogens is 2. The van der Waals surface area contributed by atoms with Crippen LogP contribution >= 0.6 is 23.4 Å². The van der Waals surface area contributed by atoms with Gasteiger partial charge in [-0.15, -0.1) is 0 Å². The average Bonchev–Trinajstić information content (AvgIpc) is 2.81. The number of anilines is 1. The van der Waals surface area contributed by atoms with Crippen molar-refractivity contribution in [3.63, 3.8) is 0 Å². The highest BCUT2D eigenvalue weighted by Crippen LogP contribution is 2.25. The van der Waals surface area contributed by atoms with Gasteiger partial charge in [-0.2, -0.15) is 11.8 Å². The predicted octanol–water partition coefficient (Wildman–Crippen LogP) is 2.22. The van der Waals surface area contributed by atoms with E-state index in [1.165, 1.54) is 12.2 Å². The lowest BCUT2D eigenvalue weighted by molar-refractivity contribution is 0.178. The zero-order chi connectivity index (χ0) is 12.3. The quantitative estimate of drug-likeness (QED) is 0.787. The molecular formula is C11H16ClN3OS. The third kappa shape index (κ3) is 3.24. The summed E-state index contributed by atoms with van der Waals surface area (Å²) in [6.45, 7) is 0.390. The molecule has 1 aliphatic heterocycles. The smallest absolute Gasteiger partial charge is 0.158 e. The summed E-state index contributed by atoms with van der Waals surface area (Å²) >= 11 is 7.98. The van der Waals surface area contributed by atoms with Gasteiger partial charge in [0.05, 0.1) is 0 Å². The Bertz CT molecular complexity index is 385. The third-order valence-electron chi connectivity index (χ3n) is 2.82. The number of methoxy groups -OCH3 is 1. The van der Waals surface area contributed by atoms with Crippen molar-refractivity contribution in [2.24, 2.45) is 0 Å². The number of hydrogen-bond donors (Lipinski definition) is 0. The fourth-order valence-corrected chi connectivity index (χ4v) is 3.30. The van der Waals surface area contributed by atoms with Crippen LogP contribution in [-0.2, 0) is 11.3 Å². The molecule has 94 valence electrons. The second-order valence-electron chi connectivity index (χ2n) is 4.03. The standard InChI is InChI=1S/C11H16ClN3OS/c1-15(8-3-4-17-7-8)11-5-9(12)13-10(14-11)6-16-2/h5,8H,3-4,6-7H2,1-2H3. The Morgan fingerprint density at radius 3 is 3.06 bits per heavy atom. The first kappa shape index (κ1) is 12.9. The van der Waals surface area contributed by atoms with Crippen LogP contribution in [0, 0.1) is 0 Å². The van der Waals surface area contributed by atoms with Crippen LogP contribution in [0.15, 0.2) is 6.07 Å². The van der Waals surface area contributed by atoms with Gasteiger partial charge in [-0.3, -0.25) is 0 Å². The SMILES string of the molecule is COCc1nc(Cl)cc(N(C)C2CCSC2)n1. The molecule has 1 aliphatic rings. The van der Waals surface area contributed by atoms with Crippen LogP contribution in [-0.4, -0.2) is 41.7 Å². The van der Waals surface area contributed by atoms with Gasteiger partial charge in [0.1, 0.15) is 17.6 Å². The van der Waals surface area contributed by atoms with Crippen molar-refractivity contribution in [2.45, 2.75) is 19.1 Å². The molecule has 1 aromatic rings. The van der Waals surface area contributed by atoms with Crippen LogP contribution in [0.3, 0.4) is 0 Å². The Balaban J connectivity index is 2.18. The highest BCUT2D eigenvalue weighted by Gasteiger charge is 2.21. The zero-order valence-electron chi connectivity index (χ0n) is 10.0. The van der Waals surface area contributed by atoms with Crippen molar-refractivity contribution >= 4 is 29.2 Å². The monoisotopic (exact) mass is 273 g/mol. The van der Waals surface area contributed by atoms with E-state index in [1.54, 1.807) is 7.11 Å². The molecule has 0 bridgehead atoms. The molecule has 6 heteroatoms. The molecule has 1 unspecified atom stereocenters. The molecule has 1 aromatic heterocycles. The lowest BCUT2D eigenvalue weighted by atomic mass is 10.2. The Hall–Kier alpha value is -0.520. The van der Waals surface area contributed by atoms with Crippen LogP contribution < -0.4 is 4.90 Å². The molecule has 4 nitrogen and oxygen atoms in total. The highest BCUT2D eigenvalue weighted by atomic mass is 35.5. The lowest BCUT2D eigenvalue weighted by Gasteiger charge is -2.25. The van der Waals surface area contributed by atoms with E-state index in [4.69, 9.17) is 16.3 Å². The summed E-state index contributed by atoms with van der Waals surface area (Å²) in [7, 11) is 3.69. The molecule has 2 heterocycles. The van der Waals surface area contributed by atoms with E-state index < -0.39 is 0 Å². The van der Waals surface area contributed by atoms with Gasteiger partial charge in [0.25, 0.3) is 0 Å². The number of rotatable bonds is 4. The molecule has 0 spiro atoms. The van der Waals surface area contributed by atoms with Crippen LogP contribution in [0.2, 0.25) is 5.15 Å². The first-order chi connectivity index (χ1) is 8.20. The first-order valence-electron chi connectivity index (χ1n) is 5.53. The predicted molar refractivity (Wildman–Crippen MR) is 71.9 cm³/mol. The zero-order valence-corrected chi connectivity index (χ0v) is 11.6. The van der Waals surface area contributed by atoms with E-state index in [2.05, 4.69) is 21.9 Å². The van der Waals surface area contributed by atoms with Crippen molar-refractivity contribution in [1.29, 1.82) is 0 Å². The van der Waals surface area contributed by atoms with Crippen molar-refractivity contribution in [3.8, 4) is 0 Å². The van der Waals surface area contributed by atoms with E-state index in [9.17, 15) is 0 Å². The molecule has 0 aliphatic carbocycles. The summed E-state index contributed by atoms with van der Waals surface area (Å²) in [6, 6.07) is 2.35. The van der Waals surface area contributed by atoms with Crippen molar-refractivity contribution < 1.29 is 4.74 Å². The maximum Gasteiger partial charge on any atom is 0.158 e. The number of nitrogens with zero attached hydrogens (tertiary/aromatic N) is 3. The number of thioether (sulfide) groups is 1. The Kier molecular flexibility index (Phi) is 4.48. The van der Waals surface area contributed by atoms with Gasteiger partial charge in [-0.25, -0.2) is 9.97 Å². The molecule has 2 rings (SSSR count). The molecule has 0 amide bonds. The fourth-order valence-electron chi connectivity index (χ4n) is 1.84. The van der Waals surface area contributed by atoms with Gasteiger partial charge in [0.15, 0.2) is 5.82 Å². The third-order valence-corrected chi connectivity index (χ3v) is 4.15. The number of halogens is 1. The number of ether oxygens (including phenoxy) is 1. The molecule has 0 saturated carbocycles. The Labute approximate surface area is 111 Å².